The molecule has 1 aromatic carbocycles. The molecule has 3 rings (SSSR count). The fourth-order valence-corrected chi connectivity index (χ4v) is 3.48. The SMILES string of the molecule is Cc1cscc1Cn1c(=S)[nH]c2cc(F)c(Br)cc21. The summed E-state index contributed by atoms with van der Waals surface area (Å²) in [5.41, 5.74) is 4.12. The minimum absolute atomic E-state index is 0.289. The van der Waals surface area contributed by atoms with Gasteiger partial charge in [0.1, 0.15) is 5.82 Å². The maximum absolute atomic E-state index is 13.5. The number of thiophene rings is 1. The Morgan fingerprint density at radius 3 is 2.89 bits per heavy atom. The number of benzene rings is 1. The van der Waals surface area contributed by atoms with Crippen molar-refractivity contribution in [2.75, 3.05) is 0 Å². The maximum atomic E-state index is 13.5. The summed E-state index contributed by atoms with van der Waals surface area (Å²) < 4.78 is 16.6. The molecule has 0 aliphatic heterocycles. The van der Waals surface area contributed by atoms with Crippen molar-refractivity contribution in [3.05, 3.63) is 49.1 Å². The third kappa shape index (κ3) is 2.28. The van der Waals surface area contributed by atoms with E-state index >= 15 is 0 Å². The molecule has 19 heavy (non-hydrogen) atoms. The highest BCUT2D eigenvalue weighted by Crippen LogP contribution is 2.25. The Morgan fingerprint density at radius 2 is 2.21 bits per heavy atom. The summed E-state index contributed by atoms with van der Waals surface area (Å²) in [5.74, 6) is -0.289. The first-order chi connectivity index (χ1) is 9.06. The Balaban J connectivity index is 2.18. The predicted octanol–water partition coefficient (Wildman–Crippen LogP) is 5.02. The standard InChI is InChI=1S/C13H10BrFN2S2/c1-7-5-19-6-8(7)4-17-12-2-9(14)10(15)3-11(12)16-13(17)18/h2-3,5-6H,4H2,1H3,(H,16,18). The number of hydrogen-bond donors (Lipinski definition) is 1. The molecule has 98 valence electrons. The average molecular weight is 357 g/mol. The number of nitrogens with one attached hydrogen (secondary N) is 1. The zero-order valence-corrected chi connectivity index (χ0v) is 13.3. The van der Waals surface area contributed by atoms with Crippen molar-refractivity contribution in [1.82, 2.24) is 9.55 Å². The van der Waals surface area contributed by atoms with E-state index in [1.54, 1.807) is 17.4 Å². The molecule has 0 bridgehead atoms. The zero-order chi connectivity index (χ0) is 13.6. The Kier molecular flexibility index (Phi) is 3.32. The smallest absolute Gasteiger partial charge is 0.178 e. The van der Waals surface area contributed by atoms with E-state index in [0.717, 1.165) is 11.0 Å². The second-order valence-electron chi connectivity index (χ2n) is 4.38. The quantitative estimate of drug-likeness (QED) is 0.639. The number of aromatic amines is 1. The van der Waals surface area contributed by atoms with Crippen LogP contribution in [0.1, 0.15) is 11.1 Å². The summed E-state index contributed by atoms with van der Waals surface area (Å²) in [6, 6.07) is 3.23. The van der Waals surface area contributed by atoms with Gasteiger partial charge in [0, 0.05) is 6.07 Å². The van der Waals surface area contributed by atoms with E-state index in [4.69, 9.17) is 12.2 Å². The van der Waals surface area contributed by atoms with Gasteiger partial charge in [-0.1, -0.05) is 0 Å². The molecule has 3 aromatic rings. The van der Waals surface area contributed by atoms with Gasteiger partial charge in [0.2, 0.25) is 0 Å². The number of H-pyrrole nitrogens is 1. The summed E-state index contributed by atoms with van der Waals surface area (Å²) in [6.45, 7) is 2.78. The maximum Gasteiger partial charge on any atom is 0.178 e. The number of fused-ring (bicyclic) bond motifs is 1. The van der Waals surface area contributed by atoms with E-state index in [0.29, 0.717) is 15.8 Å². The van der Waals surface area contributed by atoms with Crippen molar-refractivity contribution in [2.24, 2.45) is 0 Å². The molecule has 1 N–H and O–H groups in total. The first-order valence-electron chi connectivity index (χ1n) is 5.65. The van der Waals surface area contributed by atoms with Crippen LogP contribution < -0.4 is 0 Å². The van der Waals surface area contributed by atoms with Crippen LogP contribution in [0.2, 0.25) is 0 Å². The van der Waals surface area contributed by atoms with Crippen molar-refractivity contribution >= 4 is 50.5 Å². The minimum atomic E-state index is -0.289. The van der Waals surface area contributed by atoms with Crippen molar-refractivity contribution in [2.45, 2.75) is 13.5 Å². The van der Waals surface area contributed by atoms with Gasteiger partial charge in [0.25, 0.3) is 0 Å². The lowest BCUT2D eigenvalue weighted by Gasteiger charge is -2.05. The lowest BCUT2D eigenvalue weighted by molar-refractivity contribution is 0.622. The Hall–Kier alpha value is -0.980. The van der Waals surface area contributed by atoms with E-state index in [1.807, 2.05) is 4.57 Å². The predicted molar refractivity (Wildman–Crippen MR) is 82.9 cm³/mol. The third-order valence-electron chi connectivity index (χ3n) is 3.11. The normalized spacial score (nSPS) is 11.3. The summed E-state index contributed by atoms with van der Waals surface area (Å²) in [7, 11) is 0. The van der Waals surface area contributed by atoms with Crippen LogP contribution in [0.3, 0.4) is 0 Å². The monoisotopic (exact) mass is 356 g/mol. The lowest BCUT2D eigenvalue weighted by Crippen LogP contribution is -1.99. The third-order valence-corrected chi connectivity index (χ3v) is 4.95. The fraction of sp³-hybridized carbons (Fsp3) is 0.154. The molecule has 0 saturated carbocycles. The summed E-state index contributed by atoms with van der Waals surface area (Å²) >= 11 is 10.2. The summed E-state index contributed by atoms with van der Waals surface area (Å²) in [6.07, 6.45) is 0. The fourth-order valence-electron chi connectivity index (χ4n) is 2.03. The van der Waals surface area contributed by atoms with Crippen LogP contribution in [-0.2, 0) is 6.54 Å². The highest BCUT2D eigenvalue weighted by molar-refractivity contribution is 9.10. The Morgan fingerprint density at radius 1 is 1.42 bits per heavy atom. The molecule has 0 radical (unpaired) electrons. The first-order valence-corrected chi connectivity index (χ1v) is 7.80. The minimum Gasteiger partial charge on any atom is -0.330 e. The second-order valence-corrected chi connectivity index (χ2v) is 6.36. The first kappa shape index (κ1) is 13.0. The molecular formula is C13H10BrFN2S2. The number of aryl methyl sites for hydroxylation is 1. The summed E-state index contributed by atoms with van der Waals surface area (Å²) in [5, 5.41) is 4.23. The van der Waals surface area contributed by atoms with Crippen LogP contribution in [0.5, 0.6) is 0 Å². The molecule has 0 fully saturated rings. The van der Waals surface area contributed by atoms with Crippen LogP contribution in [0.15, 0.2) is 27.4 Å². The van der Waals surface area contributed by atoms with Crippen LogP contribution in [0.4, 0.5) is 4.39 Å². The largest absolute Gasteiger partial charge is 0.330 e. The number of halogens is 2. The lowest BCUT2D eigenvalue weighted by atomic mass is 10.2. The van der Waals surface area contributed by atoms with E-state index in [2.05, 4.69) is 38.6 Å². The molecule has 0 aliphatic carbocycles. The highest BCUT2D eigenvalue weighted by Gasteiger charge is 2.10. The van der Waals surface area contributed by atoms with Gasteiger partial charge in [-0.3, -0.25) is 0 Å². The number of aromatic nitrogens is 2. The zero-order valence-electron chi connectivity index (χ0n) is 10.0. The van der Waals surface area contributed by atoms with Gasteiger partial charge in [-0.05, 0) is 63.0 Å². The molecule has 2 heterocycles. The van der Waals surface area contributed by atoms with E-state index in [-0.39, 0.29) is 5.82 Å². The van der Waals surface area contributed by atoms with E-state index in [1.165, 1.54) is 17.2 Å². The highest BCUT2D eigenvalue weighted by atomic mass is 79.9. The number of rotatable bonds is 2. The number of hydrogen-bond acceptors (Lipinski definition) is 2. The Bertz CT molecular complexity index is 816. The molecule has 6 heteroatoms. The average Bonchev–Trinajstić information content (AvgIpc) is 2.88. The van der Waals surface area contributed by atoms with Crippen molar-refractivity contribution in [1.29, 1.82) is 0 Å². The molecule has 0 saturated heterocycles. The van der Waals surface area contributed by atoms with Gasteiger partial charge in [0.05, 0.1) is 22.1 Å². The van der Waals surface area contributed by atoms with Gasteiger partial charge in [-0.25, -0.2) is 4.39 Å². The molecule has 0 spiro atoms. The number of imidazole rings is 1. The second kappa shape index (κ2) is 4.85. The number of nitrogens with zero attached hydrogens (tertiary/aromatic N) is 1. The van der Waals surface area contributed by atoms with Crippen LogP contribution in [0.25, 0.3) is 11.0 Å². The van der Waals surface area contributed by atoms with E-state index < -0.39 is 0 Å². The van der Waals surface area contributed by atoms with Crippen molar-refractivity contribution < 1.29 is 4.39 Å². The molecule has 0 unspecified atom stereocenters. The van der Waals surface area contributed by atoms with Crippen molar-refractivity contribution in [3.63, 3.8) is 0 Å². The Labute approximate surface area is 127 Å². The van der Waals surface area contributed by atoms with Crippen LogP contribution in [0, 0.1) is 17.5 Å². The molecule has 0 amide bonds. The molecule has 2 aromatic heterocycles. The molecule has 0 atom stereocenters. The van der Waals surface area contributed by atoms with Crippen LogP contribution >= 0.6 is 39.5 Å². The topological polar surface area (TPSA) is 20.7 Å². The van der Waals surface area contributed by atoms with Crippen LogP contribution in [-0.4, -0.2) is 9.55 Å². The van der Waals surface area contributed by atoms with Crippen molar-refractivity contribution in [3.8, 4) is 0 Å². The van der Waals surface area contributed by atoms with Gasteiger partial charge < -0.3 is 9.55 Å². The molecule has 2 nitrogen and oxygen atoms in total. The van der Waals surface area contributed by atoms with E-state index in [9.17, 15) is 4.39 Å². The van der Waals surface area contributed by atoms with Gasteiger partial charge in [-0.15, -0.1) is 0 Å². The molecule has 0 aliphatic rings. The van der Waals surface area contributed by atoms with Gasteiger partial charge in [-0.2, -0.15) is 11.3 Å². The molecular weight excluding hydrogens is 347 g/mol. The summed E-state index contributed by atoms with van der Waals surface area (Å²) in [4.78, 5) is 3.05. The van der Waals surface area contributed by atoms with Gasteiger partial charge in [0.15, 0.2) is 4.77 Å². The van der Waals surface area contributed by atoms with Gasteiger partial charge >= 0.3 is 0 Å².